The van der Waals surface area contributed by atoms with Crippen molar-refractivity contribution in [3.8, 4) is 0 Å². The molecule has 0 aliphatic heterocycles. The van der Waals surface area contributed by atoms with Crippen molar-refractivity contribution < 1.29 is 23.9 Å². The monoisotopic (exact) mass is 297 g/mol. The van der Waals surface area contributed by atoms with E-state index in [-0.39, 0.29) is 19.4 Å². The van der Waals surface area contributed by atoms with Crippen molar-refractivity contribution in [2.24, 2.45) is 5.73 Å². The molecule has 0 bridgehead atoms. The summed E-state index contributed by atoms with van der Waals surface area (Å²) >= 11 is 0. The van der Waals surface area contributed by atoms with E-state index in [0.29, 0.717) is 5.76 Å². The lowest BCUT2D eigenvalue weighted by molar-refractivity contribution is -0.139. The maximum Gasteiger partial charge on any atom is 0.326 e. The standard InChI is InChI=1S/C13H19N3O5/c1-8-9(5-6-21-8)7-16(2)13(20)15-10(12(18)19)3-4-11(14)17/h5-6,10H,3-4,7H2,1-2H3,(H2,14,17)(H,15,20)(H,18,19)/t10-/m0/s1. The first-order chi connectivity index (χ1) is 9.81. The summed E-state index contributed by atoms with van der Waals surface area (Å²) < 4.78 is 5.13. The number of aliphatic carboxylic acids is 1. The molecule has 4 N–H and O–H groups in total. The predicted octanol–water partition coefficient (Wildman–Crippen LogP) is 0.448. The third-order valence-corrected chi connectivity index (χ3v) is 3.00. The molecule has 1 heterocycles. The van der Waals surface area contributed by atoms with Crippen molar-refractivity contribution in [3.05, 3.63) is 23.7 Å². The number of carbonyl (C=O) groups is 3. The van der Waals surface area contributed by atoms with Crippen LogP contribution in [0.5, 0.6) is 0 Å². The third-order valence-electron chi connectivity index (χ3n) is 3.00. The Balaban J connectivity index is 2.58. The van der Waals surface area contributed by atoms with Gasteiger partial charge in [-0.15, -0.1) is 0 Å². The lowest BCUT2D eigenvalue weighted by Crippen LogP contribution is -2.46. The summed E-state index contributed by atoms with van der Waals surface area (Å²) in [5.41, 5.74) is 5.80. The van der Waals surface area contributed by atoms with Gasteiger partial charge in [-0.1, -0.05) is 0 Å². The van der Waals surface area contributed by atoms with Gasteiger partial charge in [0.15, 0.2) is 0 Å². The molecule has 0 aromatic carbocycles. The molecular formula is C13H19N3O5. The second-order valence-electron chi connectivity index (χ2n) is 4.70. The quantitative estimate of drug-likeness (QED) is 0.673. The van der Waals surface area contributed by atoms with Crippen LogP contribution in [0.15, 0.2) is 16.7 Å². The van der Waals surface area contributed by atoms with Crippen LogP contribution in [0, 0.1) is 6.92 Å². The molecule has 21 heavy (non-hydrogen) atoms. The number of urea groups is 1. The molecule has 0 spiro atoms. The molecule has 0 fully saturated rings. The van der Waals surface area contributed by atoms with Crippen LogP contribution in [0.25, 0.3) is 0 Å². The van der Waals surface area contributed by atoms with Crippen molar-refractivity contribution in [1.82, 2.24) is 10.2 Å². The molecule has 8 nitrogen and oxygen atoms in total. The summed E-state index contributed by atoms with van der Waals surface area (Å²) in [6.07, 6.45) is 1.36. The summed E-state index contributed by atoms with van der Waals surface area (Å²) in [7, 11) is 1.54. The van der Waals surface area contributed by atoms with Gasteiger partial charge >= 0.3 is 12.0 Å². The Morgan fingerprint density at radius 1 is 1.48 bits per heavy atom. The van der Waals surface area contributed by atoms with Crippen LogP contribution in [0.3, 0.4) is 0 Å². The van der Waals surface area contributed by atoms with Gasteiger partial charge in [-0.2, -0.15) is 0 Å². The fraction of sp³-hybridized carbons (Fsp3) is 0.462. The van der Waals surface area contributed by atoms with Gasteiger partial charge in [0.1, 0.15) is 11.8 Å². The molecule has 3 amide bonds. The number of carboxylic acids is 1. The Morgan fingerprint density at radius 2 is 2.14 bits per heavy atom. The summed E-state index contributed by atoms with van der Waals surface area (Å²) in [5.74, 6) is -1.13. The number of hydrogen-bond donors (Lipinski definition) is 3. The summed E-state index contributed by atoms with van der Waals surface area (Å²) in [6, 6.07) is 0.0336. The number of nitrogens with two attached hydrogens (primary N) is 1. The van der Waals surface area contributed by atoms with Crippen LogP contribution in [-0.2, 0) is 16.1 Å². The average Bonchev–Trinajstić information content (AvgIpc) is 2.79. The molecule has 8 heteroatoms. The van der Waals surface area contributed by atoms with Crippen LogP contribution in [-0.4, -0.2) is 41.0 Å². The maximum absolute atomic E-state index is 11.9. The summed E-state index contributed by atoms with van der Waals surface area (Å²) in [4.78, 5) is 35.0. The first-order valence-corrected chi connectivity index (χ1v) is 6.37. The SMILES string of the molecule is Cc1occc1CN(C)C(=O)N[C@@H](CCC(N)=O)C(=O)O. The van der Waals surface area contributed by atoms with E-state index in [9.17, 15) is 14.4 Å². The zero-order valence-corrected chi connectivity index (χ0v) is 12.0. The maximum atomic E-state index is 11.9. The van der Waals surface area contributed by atoms with E-state index in [2.05, 4.69) is 5.32 Å². The number of carbonyl (C=O) groups excluding carboxylic acids is 2. The van der Waals surface area contributed by atoms with Gasteiger partial charge in [-0.25, -0.2) is 9.59 Å². The van der Waals surface area contributed by atoms with E-state index >= 15 is 0 Å². The molecule has 1 aromatic heterocycles. The van der Waals surface area contributed by atoms with Gasteiger partial charge in [0.05, 0.1) is 12.8 Å². The molecular weight excluding hydrogens is 278 g/mol. The van der Waals surface area contributed by atoms with Crippen molar-refractivity contribution >= 4 is 17.9 Å². The Bertz CT molecular complexity index is 526. The summed E-state index contributed by atoms with van der Waals surface area (Å²) in [5, 5.41) is 11.4. The van der Waals surface area contributed by atoms with Crippen LogP contribution in [0.2, 0.25) is 0 Å². The van der Waals surface area contributed by atoms with E-state index in [0.717, 1.165) is 5.56 Å². The second kappa shape index (κ2) is 7.32. The Kier molecular flexibility index (Phi) is 5.77. The fourth-order valence-corrected chi connectivity index (χ4v) is 1.71. The molecule has 1 atom stereocenters. The number of rotatable bonds is 7. The van der Waals surface area contributed by atoms with Crippen molar-refractivity contribution in [2.45, 2.75) is 32.4 Å². The minimum absolute atomic E-state index is 0.0466. The van der Waals surface area contributed by atoms with Gasteiger partial charge in [0, 0.05) is 19.0 Å². The normalized spacial score (nSPS) is 11.7. The van der Waals surface area contributed by atoms with Gasteiger partial charge < -0.3 is 25.5 Å². The molecule has 0 radical (unpaired) electrons. The van der Waals surface area contributed by atoms with Crippen molar-refractivity contribution in [3.63, 3.8) is 0 Å². The predicted molar refractivity (Wildman–Crippen MR) is 73.3 cm³/mol. The molecule has 0 unspecified atom stereocenters. The van der Waals surface area contributed by atoms with Gasteiger partial charge in [-0.3, -0.25) is 4.79 Å². The molecule has 116 valence electrons. The van der Waals surface area contributed by atoms with E-state index in [1.807, 2.05) is 0 Å². The number of furan rings is 1. The van der Waals surface area contributed by atoms with Crippen molar-refractivity contribution in [1.29, 1.82) is 0 Å². The molecule has 0 aliphatic rings. The van der Waals surface area contributed by atoms with Gasteiger partial charge in [0.2, 0.25) is 5.91 Å². The highest BCUT2D eigenvalue weighted by atomic mass is 16.4. The first kappa shape index (κ1) is 16.5. The van der Waals surface area contributed by atoms with Crippen LogP contribution in [0.4, 0.5) is 4.79 Å². The average molecular weight is 297 g/mol. The lowest BCUT2D eigenvalue weighted by atomic mass is 10.1. The minimum atomic E-state index is -1.21. The molecule has 1 rings (SSSR count). The Hall–Kier alpha value is -2.51. The smallest absolute Gasteiger partial charge is 0.326 e. The highest BCUT2D eigenvalue weighted by Gasteiger charge is 2.22. The second-order valence-corrected chi connectivity index (χ2v) is 4.70. The number of nitrogens with one attached hydrogen (secondary N) is 1. The van der Waals surface area contributed by atoms with E-state index < -0.39 is 23.9 Å². The molecule has 0 saturated heterocycles. The van der Waals surface area contributed by atoms with Crippen LogP contribution < -0.4 is 11.1 Å². The Morgan fingerprint density at radius 3 is 2.62 bits per heavy atom. The number of amides is 3. The zero-order valence-electron chi connectivity index (χ0n) is 12.0. The number of carboxylic acid groups (broad SMARTS) is 1. The van der Waals surface area contributed by atoms with E-state index in [4.69, 9.17) is 15.3 Å². The lowest BCUT2D eigenvalue weighted by Gasteiger charge is -2.21. The number of hydrogen-bond acceptors (Lipinski definition) is 4. The van der Waals surface area contributed by atoms with Crippen LogP contribution in [0.1, 0.15) is 24.2 Å². The number of aryl methyl sites for hydroxylation is 1. The van der Waals surface area contributed by atoms with Crippen LogP contribution >= 0.6 is 0 Å². The highest BCUT2D eigenvalue weighted by molar-refractivity contribution is 5.83. The topological polar surface area (TPSA) is 126 Å². The minimum Gasteiger partial charge on any atom is -0.480 e. The van der Waals surface area contributed by atoms with Gasteiger partial charge in [0.25, 0.3) is 0 Å². The van der Waals surface area contributed by atoms with E-state index in [1.165, 1.54) is 18.2 Å². The molecule has 0 saturated carbocycles. The van der Waals surface area contributed by atoms with Crippen molar-refractivity contribution in [2.75, 3.05) is 7.05 Å². The number of nitrogens with zero attached hydrogens (tertiary/aromatic N) is 1. The zero-order chi connectivity index (χ0) is 16.0. The number of primary amides is 1. The molecule has 0 aliphatic carbocycles. The van der Waals surface area contributed by atoms with E-state index in [1.54, 1.807) is 13.0 Å². The summed E-state index contributed by atoms with van der Waals surface area (Å²) in [6.45, 7) is 2.06. The molecule has 1 aromatic rings. The largest absolute Gasteiger partial charge is 0.480 e. The highest BCUT2D eigenvalue weighted by Crippen LogP contribution is 2.11. The third kappa shape index (κ3) is 5.17. The first-order valence-electron chi connectivity index (χ1n) is 6.37. The fourth-order valence-electron chi connectivity index (χ4n) is 1.71. The Labute approximate surface area is 121 Å². The van der Waals surface area contributed by atoms with Gasteiger partial charge in [-0.05, 0) is 19.4 Å².